The number of rotatable bonds is 9. The summed E-state index contributed by atoms with van der Waals surface area (Å²) in [5, 5.41) is 23.0. The number of aromatic amines is 1. The number of nitrogens with one attached hydrogen (secondary N) is 1. The predicted octanol–water partition coefficient (Wildman–Crippen LogP) is 5.55. The number of aliphatic carboxylic acids is 1. The average molecular weight is 684 g/mol. The number of carboxylic acids is 1. The Kier molecular flexibility index (Phi) is 7.76. The van der Waals surface area contributed by atoms with Gasteiger partial charge < -0.3 is 14.8 Å². The number of likely N-dealkylation sites (tertiary alicyclic amines) is 1. The van der Waals surface area contributed by atoms with Gasteiger partial charge in [0.15, 0.2) is 0 Å². The number of amides is 2. The molecular formula is C32H30ClN3O8S2. The highest BCUT2D eigenvalue weighted by Crippen LogP contribution is 2.69. The van der Waals surface area contributed by atoms with E-state index >= 15 is 0 Å². The molecule has 0 spiro atoms. The molecule has 0 radical (unpaired) electrons. The summed E-state index contributed by atoms with van der Waals surface area (Å²) >= 11 is 8.90. The van der Waals surface area contributed by atoms with Crippen LogP contribution in [0.5, 0.6) is 5.75 Å². The van der Waals surface area contributed by atoms with Crippen LogP contribution in [0.2, 0.25) is 5.02 Å². The van der Waals surface area contributed by atoms with E-state index < -0.39 is 46.5 Å². The second-order valence-electron chi connectivity index (χ2n) is 12.8. The number of halogens is 1. The standard InChI is InChI=1S/C32H30ClN3O8S2/c1-13(2)9-20(31(39)40)35-29(37)24-17-11-18(25(24)30(35)38)26-23(17)22(27-28(45-26)34-32(41)46-27)16-10-15(36(42)43)7-8-21(16)44-12-14-5-3-4-6-19(14)33/h3-8,10,13,17-18,20,22-26H,9,11-12H2,1-2H3,(H,34,41)(H,39,40). The molecule has 2 bridgehead atoms. The van der Waals surface area contributed by atoms with Crippen LogP contribution in [-0.2, 0) is 21.0 Å². The number of carboxylic acid groups (broad SMARTS) is 1. The van der Waals surface area contributed by atoms with Crippen LogP contribution >= 0.6 is 34.7 Å². The van der Waals surface area contributed by atoms with Crippen molar-refractivity contribution in [2.75, 3.05) is 0 Å². The summed E-state index contributed by atoms with van der Waals surface area (Å²) in [5.74, 6) is -4.42. The fraction of sp³-hybridized carbons (Fsp3) is 0.438. The number of thioether (sulfide) groups is 1. The molecule has 46 heavy (non-hydrogen) atoms. The summed E-state index contributed by atoms with van der Waals surface area (Å²) in [7, 11) is 0. The Morgan fingerprint density at radius 3 is 2.54 bits per heavy atom. The number of fused-ring (bicyclic) bond motifs is 9. The van der Waals surface area contributed by atoms with Crippen LogP contribution in [0.3, 0.4) is 0 Å². The van der Waals surface area contributed by atoms with Crippen LogP contribution in [0.1, 0.15) is 48.6 Å². The van der Waals surface area contributed by atoms with Gasteiger partial charge in [0.2, 0.25) is 11.8 Å². The molecule has 3 fully saturated rings. The molecule has 8 atom stereocenters. The summed E-state index contributed by atoms with van der Waals surface area (Å²) in [6.07, 6.45) is 0.746. The van der Waals surface area contributed by atoms with Gasteiger partial charge in [-0.2, -0.15) is 0 Å². The minimum Gasteiger partial charge on any atom is -0.489 e. The highest BCUT2D eigenvalue weighted by atomic mass is 35.5. The zero-order valence-corrected chi connectivity index (χ0v) is 27.1. The highest BCUT2D eigenvalue weighted by Gasteiger charge is 2.70. The minimum atomic E-state index is -1.24. The molecule has 1 aromatic heterocycles. The van der Waals surface area contributed by atoms with E-state index in [1.807, 2.05) is 26.0 Å². The number of imide groups is 1. The lowest BCUT2D eigenvalue weighted by atomic mass is 9.68. The molecule has 2 aliphatic heterocycles. The van der Waals surface area contributed by atoms with E-state index in [-0.39, 0.29) is 52.5 Å². The number of aromatic nitrogens is 1. The van der Waals surface area contributed by atoms with Crippen LogP contribution in [0.15, 0.2) is 52.3 Å². The van der Waals surface area contributed by atoms with Crippen molar-refractivity contribution in [2.45, 2.75) is 55.5 Å². The first-order chi connectivity index (χ1) is 22.0. The first-order valence-electron chi connectivity index (χ1n) is 15.1. The van der Waals surface area contributed by atoms with Gasteiger partial charge in [-0.05, 0) is 48.6 Å². The van der Waals surface area contributed by atoms with Crippen molar-refractivity contribution >= 4 is 58.2 Å². The first-order valence-corrected chi connectivity index (χ1v) is 17.2. The number of nitrogens with zero attached hydrogens (tertiary/aromatic N) is 2. The molecule has 2 aromatic carbocycles. The fourth-order valence-electron chi connectivity index (χ4n) is 8.25. The first kappa shape index (κ1) is 30.9. The molecule has 2 amide bonds. The fourth-order valence-corrected chi connectivity index (χ4v) is 11.3. The van der Waals surface area contributed by atoms with Crippen molar-refractivity contribution < 1.29 is 29.2 Å². The quantitative estimate of drug-likeness (QED) is 0.167. The van der Waals surface area contributed by atoms with Crippen molar-refractivity contribution in [2.24, 2.45) is 35.5 Å². The van der Waals surface area contributed by atoms with E-state index in [1.165, 1.54) is 23.9 Å². The summed E-state index contributed by atoms with van der Waals surface area (Å²) in [5.41, 5.74) is 1.11. The number of non-ortho nitro benzene ring substituents is 1. The van der Waals surface area contributed by atoms with Gasteiger partial charge in [-0.3, -0.25) is 29.4 Å². The molecule has 4 aliphatic rings. The van der Waals surface area contributed by atoms with E-state index in [0.29, 0.717) is 32.7 Å². The molecule has 2 saturated carbocycles. The number of benzene rings is 2. The SMILES string of the molecule is CC(C)CC(C(=O)O)N1C(=O)C2C3CC(C2C1=O)C1C(c2cc([N+](=O)[O-])ccc2OCc2ccccc2Cl)c2sc(=O)[nH]c2SC31. The maximum atomic E-state index is 14.0. The zero-order valence-electron chi connectivity index (χ0n) is 24.8. The van der Waals surface area contributed by atoms with E-state index in [4.69, 9.17) is 16.3 Å². The van der Waals surface area contributed by atoms with E-state index in [2.05, 4.69) is 4.98 Å². The third kappa shape index (κ3) is 4.85. The lowest BCUT2D eigenvalue weighted by molar-refractivity contribution is -0.385. The Morgan fingerprint density at radius 2 is 1.87 bits per heavy atom. The van der Waals surface area contributed by atoms with Crippen molar-refractivity contribution in [3.05, 3.63) is 83.3 Å². The zero-order chi connectivity index (χ0) is 32.6. The minimum absolute atomic E-state index is 0.0488. The highest BCUT2D eigenvalue weighted by molar-refractivity contribution is 8.00. The Labute approximate surface area is 276 Å². The average Bonchev–Trinajstić information content (AvgIpc) is 3.74. The van der Waals surface area contributed by atoms with Crippen LogP contribution in [0.4, 0.5) is 5.69 Å². The topological polar surface area (TPSA) is 160 Å². The van der Waals surface area contributed by atoms with E-state index in [0.717, 1.165) is 21.8 Å². The second kappa shape index (κ2) is 11.5. The van der Waals surface area contributed by atoms with E-state index in [1.54, 1.807) is 18.2 Å². The molecule has 3 heterocycles. The van der Waals surface area contributed by atoms with Gasteiger partial charge in [0.05, 0.1) is 21.8 Å². The maximum Gasteiger partial charge on any atom is 0.326 e. The van der Waals surface area contributed by atoms with Gasteiger partial charge in [-0.15, -0.1) is 11.8 Å². The number of nitro benzene ring substituents is 1. The molecule has 2 N–H and O–H groups in total. The number of ether oxygens (including phenoxy) is 1. The normalized spacial score (nSPS) is 28.3. The molecule has 8 unspecified atom stereocenters. The van der Waals surface area contributed by atoms with Crippen LogP contribution in [-0.4, -0.2) is 49.0 Å². The largest absolute Gasteiger partial charge is 0.489 e. The third-order valence-electron chi connectivity index (χ3n) is 9.93. The summed E-state index contributed by atoms with van der Waals surface area (Å²) in [6, 6.07) is 10.4. The maximum absolute atomic E-state index is 14.0. The monoisotopic (exact) mass is 683 g/mol. The number of H-pyrrole nitrogens is 1. The van der Waals surface area contributed by atoms with Gasteiger partial charge in [0.1, 0.15) is 18.4 Å². The molecule has 2 aliphatic carbocycles. The van der Waals surface area contributed by atoms with Gasteiger partial charge in [-0.25, -0.2) is 4.79 Å². The summed E-state index contributed by atoms with van der Waals surface area (Å²) < 4.78 is 6.29. The number of carbonyl (C=O) groups excluding carboxylic acids is 2. The molecule has 14 heteroatoms. The smallest absolute Gasteiger partial charge is 0.326 e. The Bertz CT molecular complexity index is 1840. The molecule has 3 aromatic rings. The van der Waals surface area contributed by atoms with Gasteiger partial charge in [0.25, 0.3) is 5.69 Å². The van der Waals surface area contributed by atoms with Crippen molar-refractivity contribution in [3.63, 3.8) is 0 Å². The van der Waals surface area contributed by atoms with Crippen molar-refractivity contribution in [1.29, 1.82) is 0 Å². The molecule has 240 valence electrons. The Balaban J connectivity index is 1.32. The molecular weight excluding hydrogens is 654 g/mol. The van der Waals surface area contributed by atoms with Crippen LogP contribution in [0.25, 0.3) is 0 Å². The molecule has 1 saturated heterocycles. The summed E-state index contributed by atoms with van der Waals surface area (Å²) in [4.78, 5) is 68.8. The van der Waals surface area contributed by atoms with Gasteiger partial charge in [0, 0.05) is 44.3 Å². The third-order valence-corrected chi connectivity index (χ3v) is 12.9. The lowest BCUT2D eigenvalue weighted by Gasteiger charge is -2.43. The van der Waals surface area contributed by atoms with Crippen LogP contribution < -0.4 is 9.61 Å². The van der Waals surface area contributed by atoms with Crippen LogP contribution in [0, 0.1) is 45.6 Å². The molecule has 7 rings (SSSR count). The number of carbonyl (C=O) groups is 3. The number of thiazole rings is 1. The van der Waals surface area contributed by atoms with Gasteiger partial charge >= 0.3 is 10.8 Å². The second-order valence-corrected chi connectivity index (χ2v) is 15.5. The molecule has 11 nitrogen and oxygen atoms in total. The Morgan fingerprint density at radius 1 is 1.15 bits per heavy atom. The number of nitro groups is 1. The van der Waals surface area contributed by atoms with E-state index in [9.17, 15) is 34.4 Å². The van der Waals surface area contributed by atoms with Crippen molar-refractivity contribution in [3.8, 4) is 5.75 Å². The number of hydrogen-bond donors (Lipinski definition) is 2. The van der Waals surface area contributed by atoms with Gasteiger partial charge in [-0.1, -0.05) is 55.0 Å². The van der Waals surface area contributed by atoms with Crippen molar-refractivity contribution in [1.82, 2.24) is 9.88 Å². The number of hydrogen-bond acceptors (Lipinski definition) is 9. The lowest BCUT2D eigenvalue weighted by Crippen LogP contribution is -2.47. The predicted molar refractivity (Wildman–Crippen MR) is 170 cm³/mol. The Hall–Kier alpha value is -3.68. The summed E-state index contributed by atoms with van der Waals surface area (Å²) in [6.45, 7) is 3.80.